The van der Waals surface area contributed by atoms with Crippen molar-refractivity contribution in [2.45, 2.75) is 0 Å². The van der Waals surface area contributed by atoms with Gasteiger partial charge in [-0.1, -0.05) is 6.07 Å². The number of aromatic nitrogens is 1. The zero-order chi connectivity index (χ0) is 12.4. The molecule has 1 aromatic carbocycles. The monoisotopic (exact) mass is 239 g/mol. The van der Waals surface area contributed by atoms with Crippen molar-refractivity contribution in [3.63, 3.8) is 0 Å². The molecule has 0 spiro atoms. The second kappa shape index (κ2) is 4.32. The number of hydrogen-bond acceptors (Lipinski definition) is 3. The fraction of sp³-hybridized carbons (Fsp3) is 0. The molecule has 0 amide bonds. The van der Waals surface area contributed by atoms with E-state index in [4.69, 9.17) is 5.73 Å². The van der Waals surface area contributed by atoms with Crippen molar-refractivity contribution in [2.75, 3.05) is 11.1 Å². The molecule has 1 heterocycles. The van der Waals surface area contributed by atoms with Gasteiger partial charge in [-0.05, 0) is 12.1 Å². The second-order valence-corrected chi connectivity index (χ2v) is 3.33. The normalized spacial score (nSPS) is 10.3. The fourth-order valence-electron chi connectivity index (χ4n) is 1.30. The largest absolute Gasteiger partial charge is 0.384 e. The van der Waals surface area contributed by atoms with Crippen molar-refractivity contribution in [3.8, 4) is 0 Å². The summed E-state index contributed by atoms with van der Waals surface area (Å²) >= 11 is 0. The highest BCUT2D eigenvalue weighted by Gasteiger charge is 2.10. The number of rotatable bonds is 2. The van der Waals surface area contributed by atoms with Crippen LogP contribution in [0.3, 0.4) is 0 Å². The zero-order valence-electron chi connectivity index (χ0n) is 8.55. The van der Waals surface area contributed by atoms with Gasteiger partial charge in [0.25, 0.3) is 0 Å². The molecule has 0 atom stereocenters. The van der Waals surface area contributed by atoms with Crippen LogP contribution in [0.4, 0.5) is 30.5 Å². The van der Waals surface area contributed by atoms with Gasteiger partial charge in [0, 0.05) is 17.8 Å². The summed E-state index contributed by atoms with van der Waals surface area (Å²) in [5, 5.41) is 2.62. The van der Waals surface area contributed by atoms with Gasteiger partial charge >= 0.3 is 0 Å². The van der Waals surface area contributed by atoms with Crippen LogP contribution in [0.25, 0.3) is 0 Å². The van der Waals surface area contributed by atoms with E-state index in [9.17, 15) is 13.2 Å². The summed E-state index contributed by atoms with van der Waals surface area (Å²) < 4.78 is 38.5. The van der Waals surface area contributed by atoms with Crippen molar-refractivity contribution in [1.29, 1.82) is 0 Å². The van der Waals surface area contributed by atoms with Crippen LogP contribution in [-0.4, -0.2) is 4.98 Å². The van der Waals surface area contributed by atoms with Gasteiger partial charge in [-0.15, -0.1) is 0 Å². The highest BCUT2D eigenvalue weighted by Crippen LogP contribution is 2.20. The molecule has 6 heteroatoms. The van der Waals surface area contributed by atoms with Gasteiger partial charge in [-0.25, -0.2) is 18.2 Å². The van der Waals surface area contributed by atoms with Gasteiger partial charge in [0.1, 0.15) is 11.6 Å². The van der Waals surface area contributed by atoms with E-state index in [1.807, 2.05) is 0 Å². The molecule has 3 N–H and O–H groups in total. The number of benzene rings is 1. The van der Waals surface area contributed by atoms with Crippen LogP contribution in [-0.2, 0) is 0 Å². The number of nitrogens with zero attached hydrogens (tertiary/aromatic N) is 1. The molecule has 0 fully saturated rings. The summed E-state index contributed by atoms with van der Waals surface area (Å²) in [6, 6.07) is 6.43. The maximum Gasteiger partial charge on any atom is 0.194 e. The Balaban J connectivity index is 2.31. The average molecular weight is 239 g/mol. The Hall–Kier alpha value is -2.24. The molecule has 0 aliphatic rings. The van der Waals surface area contributed by atoms with E-state index in [1.165, 1.54) is 0 Å². The third-order valence-corrected chi connectivity index (χ3v) is 2.03. The number of nitrogens with two attached hydrogens (primary N) is 1. The Morgan fingerprint density at radius 1 is 1.06 bits per heavy atom. The summed E-state index contributed by atoms with van der Waals surface area (Å²) in [7, 11) is 0. The lowest BCUT2D eigenvalue weighted by molar-refractivity contribution is 0.448. The van der Waals surface area contributed by atoms with E-state index in [1.54, 1.807) is 18.2 Å². The van der Waals surface area contributed by atoms with E-state index >= 15 is 0 Å². The number of anilines is 3. The minimum atomic E-state index is -1.50. The van der Waals surface area contributed by atoms with Crippen molar-refractivity contribution >= 4 is 17.3 Å². The van der Waals surface area contributed by atoms with Crippen molar-refractivity contribution in [1.82, 2.24) is 4.98 Å². The first-order chi connectivity index (χ1) is 8.06. The molecule has 17 heavy (non-hydrogen) atoms. The average Bonchev–Trinajstić information content (AvgIpc) is 2.26. The zero-order valence-corrected chi connectivity index (χ0v) is 8.55. The predicted molar refractivity (Wildman–Crippen MR) is 58.2 cm³/mol. The van der Waals surface area contributed by atoms with Crippen molar-refractivity contribution < 1.29 is 13.2 Å². The highest BCUT2D eigenvalue weighted by molar-refractivity contribution is 5.57. The van der Waals surface area contributed by atoms with Crippen LogP contribution in [0, 0.1) is 17.5 Å². The Kier molecular flexibility index (Phi) is 2.86. The summed E-state index contributed by atoms with van der Waals surface area (Å²) in [4.78, 5) is 3.88. The molecular formula is C11H8F3N3. The molecule has 0 saturated carbocycles. The smallest absolute Gasteiger partial charge is 0.194 e. The van der Waals surface area contributed by atoms with E-state index in [0.717, 1.165) is 12.1 Å². The molecule has 0 aliphatic carbocycles. The minimum Gasteiger partial charge on any atom is -0.384 e. The van der Waals surface area contributed by atoms with Gasteiger partial charge in [-0.2, -0.15) is 0 Å². The molecule has 0 saturated heterocycles. The summed E-state index contributed by atoms with van der Waals surface area (Å²) in [5.74, 6) is -3.46. The van der Waals surface area contributed by atoms with Crippen molar-refractivity contribution in [3.05, 3.63) is 47.8 Å². The second-order valence-electron chi connectivity index (χ2n) is 3.33. The number of nitrogen functional groups attached to an aromatic ring is 1. The van der Waals surface area contributed by atoms with Gasteiger partial charge in [-0.3, -0.25) is 0 Å². The Bertz CT molecular complexity index is 534. The Morgan fingerprint density at radius 2 is 1.71 bits per heavy atom. The summed E-state index contributed by atoms with van der Waals surface area (Å²) in [6.45, 7) is 0. The topological polar surface area (TPSA) is 50.9 Å². The molecule has 0 aliphatic heterocycles. The van der Waals surface area contributed by atoms with E-state index < -0.39 is 17.5 Å². The molecule has 88 valence electrons. The first-order valence-electron chi connectivity index (χ1n) is 4.70. The first kappa shape index (κ1) is 11.3. The molecule has 2 rings (SSSR count). The predicted octanol–water partition coefficient (Wildman–Crippen LogP) is 2.82. The summed E-state index contributed by atoms with van der Waals surface area (Å²) in [6.07, 6.45) is 0. The maximum absolute atomic E-state index is 12.9. The van der Waals surface area contributed by atoms with E-state index in [0.29, 0.717) is 5.82 Å². The van der Waals surface area contributed by atoms with Gasteiger partial charge < -0.3 is 11.1 Å². The van der Waals surface area contributed by atoms with Crippen LogP contribution in [0.5, 0.6) is 0 Å². The molecule has 1 aromatic heterocycles. The Morgan fingerprint density at radius 3 is 2.29 bits per heavy atom. The quantitative estimate of drug-likeness (QED) is 0.792. The van der Waals surface area contributed by atoms with Crippen molar-refractivity contribution in [2.24, 2.45) is 0 Å². The minimum absolute atomic E-state index is 0.0551. The summed E-state index contributed by atoms with van der Waals surface area (Å²) in [5.41, 5.74) is 5.49. The standard InChI is InChI=1S/C11H8F3N3/c12-7-4-6(5-8(13)11(7)14)16-10-3-1-2-9(15)17-10/h1-5H,(H3,15,16,17). The lowest BCUT2D eigenvalue weighted by atomic mass is 10.3. The molecule has 0 bridgehead atoms. The van der Waals surface area contributed by atoms with Crippen LogP contribution < -0.4 is 11.1 Å². The highest BCUT2D eigenvalue weighted by atomic mass is 19.2. The molecule has 3 nitrogen and oxygen atoms in total. The molecule has 2 aromatic rings. The molecule has 0 radical (unpaired) electrons. The molecular weight excluding hydrogens is 231 g/mol. The van der Waals surface area contributed by atoms with Crippen LogP contribution >= 0.6 is 0 Å². The lowest BCUT2D eigenvalue weighted by Gasteiger charge is -2.06. The van der Waals surface area contributed by atoms with Gasteiger partial charge in [0.05, 0.1) is 0 Å². The van der Waals surface area contributed by atoms with Gasteiger partial charge in [0.15, 0.2) is 17.5 Å². The van der Waals surface area contributed by atoms with Crippen LogP contribution in [0.1, 0.15) is 0 Å². The van der Waals surface area contributed by atoms with E-state index in [2.05, 4.69) is 10.3 Å². The SMILES string of the molecule is Nc1cccc(Nc2cc(F)c(F)c(F)c2)n1. The fourth-order valence-corrected chi connectivity index (χ4v) is 1.30. The van der Waals surface area contributed by atoms with Gasteiger partial charge in [0.2, 0.25) is 0 Å². The molecule has 0 unspecified atom stereocenters. The third-order valence-electron chi connectivity index (χ3n) is 2.03. The Labute approximate surface area is 95.1 Å². The first-order valence-corrected chi connectivity index (χ1v) is 4.70. The number of halogens is 3. The lowest BCUT2D eigenvalue weighted by Crippen LogP contribution is -1.99. The number of hydrogen-bond donors (Lipinski definition) is 2. The maximum atomic E-state index is 12.9. The number of nitrogens with one attached hydrogen (secondary N) is 1. The van der Waals surface area contributed by atoms with Crippen LogP contribution in [0.2, 0.25) is 0 Å². The van der Waals surface area contributed by atoms with E-state index in [-0.39, 0.29) is 11.5 Å². The third kappa shape index (κ3) is 2.47. The number of pyridine rings is 1. The van der Waals surface area contributed by atoms with Crippen LogP contribution in [0.15, 0.2) is 30.3 Å².